The Morgan fingerprint density at radius 1 is 0.862 bits per heavy atom. The summed E-state index contributed by atoms with van der Waals surface area (Å²) in [5.74, 6) is -0.115. The zero-order valence-electron chi connectivity index (χ0n) is 15.8. The van der Waals surface area contributed by atoms with Crippen molar-refractivity contribution in [2.24, 2.45) is 0 Å². The third-order valence-corrected chi connectivity index (χ3v) is 4.80. The van der Waals surface area contributed by atoms with Gasteiger partial charge in [0, 0.05) is 12.2 Å². The van der Waals surface area contributed by atoms with Gasteiger partial charge in [-0.3, -0.25) is 0 Å². The van der Waals surface area contributed by atoms with Crippen molar-refractivity contribution in [3.63, 3.8) is 0 Å². The van der Waals surface area contributed by atoms with Gasteiger partial charge in [-0.15, -0.1) is 0 Å². The third-order valence-electron chi connectivity index (χ3n) is 4.80. The molecule has 4 heteroatoms. The second kappa shape index (κ2) is 8.48. The van der Waals surface area contributed by atoms with Crippen molar-refractivity contribution in [1.29, 1.82) is 0 Å². The molecule has 0 aliphatic heterocycles. The molecular formula is C25H21NO3. The minimum absolute atomic E-state index is 0.271. The number of aromatic carboxylic acids is 1. The summed E-state index contributed by atoms with van der Waals surface area (Å²) in [5.41, 5.74) is 3.30. The second-order valence-corrected chi connectivity index (χ2v) is 6.81. The number of benzene rings is 4. The molecule has 0 spiro atoms. The molecule has 2 N–H and O–H groups in total. The number of carboxylic acids is 1. The van der Waals surface area contributed by atoms with Crippen LogP contribution in [0.15, 0.2) is 91.0 Å². The van der Waals surface area contributed by atoms with Crippen molar-refractivity contribution in [3.05, 3.63) is 108 Å². The van der Waals surface area contributed by atoms with Gasteiger partial charge < -0.3 is 15.2 Å². The molecule has 4 nitrogen and oxygen atoms in total. The van der Waals surface area contributed by atoms with E-state index >= 15 is 0 Å². The van der Waals surface area contributed by atoms with Crippen LogP contribution in [0.5, 0.6) is 5.75 Å². The van der Waals surface area contributed by atoms with Gasteiger partial charge in [0.15, 0.2) is 0 Å². The summed E-state index contributed by atoms with van der Waals surface area (Å²) in [6.45, 7) is 1.12. The molecule has 0 bridgehead atoms. The van der Waals surface area contributed by atoms with E-state index < -0.39 is 5.97 Å². The van der Waals surface area contributed by atoms with Crippen LogP contribution in [0.4, 0.5) is 5.69 Å². The minimum Gasteiger partial charge on any atom is -0.489 e. The van der Waals surface area contributed by atoms with Crippen LogP contribution >= 0.6 is 0 Å². The van der Waals surface area contributed by atoms with Crippen molar-refractivity contribution < 1.29 is 14.6 Å². The van der Waals surface area contributed by atoms with Gasteiger partial charge in [-0.2, -0.15) is 0 Å². The number of fused-ring (bicyclic) bond motifs is 1. The van der Waals surface area contributed by atoms with E-state index in [1.54, 1.807) is 18.2 Å². The van der Waals surface area contributed by atoms with Gasteiger partial charge in [-0.1, -0.05) is 60.7 Å². The molecule has 144 valence electrons. The van der Waals surface area contributed by atoms with Crippen LogP contribution in [-0.4, -0.2) is 11.1 Å². The number of hydrogen-bond acceptors (Lipinski definition) is 3. The molecule has 0 unspecified atom stereocenters. The lowest BCUT2D eigenvalue weighted by Gasteiger charge is -2.11. The predicted octanol–water partition coefficient (Wildman–Crippen LogP) is 5.73. The molecule has 29 heavy (non-hydrogen) atoms. The molecule has 0 atom stereocenters. The molecule has 4 rings (SSSR count). The van der Waals surface area contributed by atoms with E-state index in [0.717, 1.165) is 22.6 Å². The van der Waals surface area contributed by atoms with Crippen molar-refractivity contribution >= 4 is 22.4 Å². The van der Waals surface area contributed by atoms with Crippen LogP contribution in [0.1, 0.15) is 21.5 Å². The summed E-state index contributed by atoms with van der Waals surface area (Å²) in [7, 11) is 0. The Morgan fingerprint density at radius 2 is 1.62 bits per heavy atom. The largest absolute Gasteiger partial charge is 0.489 e. The average molecular weight is 383 g/mol. The smallest absolute Gasteiger partial charge is 0.335 e. The molecule has 0 saturated heterocycles. The lowest BCUT2D eigenvalue weighted by Crippen LogP contribution is -2.02. The zero-order chi connectivity index (χ0) is 20.1. The summed E-state index contributed by atoms with van der Waals surface area (Å²) in [6.07, 6.45) is 0. The molecule has 0 radical (unpaired) electrons. The summed E-state index contributed by atoms with van der Waals surface area (Å²) < 4.78 is 5.97. The summed E-state index contributed by atoms with van der Waals surface area (Å²) in [6, 6.07) is 29.3. The first-order valence-electron chi connectivity index (χ1n) is 9.45. The Bertz CT molecular complexity index is 1130. The summed E-state index contributed by atoms with van der Waals surface area (Å²) in [4.78, 5) is 11.1. The fourth-order valence-corrected chi connectivity index (χ4v) is 3.25. The zero-order valence-corrected chi connectivity index (χ0v) is 15.8. The monoisotopic (exact) mass is 383 g/mol. The number of carbonyl (C=O) groups is 1. The highest BCUT2D eigenvalue weighted by Gasteiger charge is 2.04. The SMILES string of the molecule is O=C(O)c1cccc(NCc2ccc(OCc3cccc4ccccc34)cc2)c1. The molecule has 0 aliphatic carbocycles. The van der Waals surface area contributed by atoms with E-state index in [2.05, 4.69) is 35.6 Å². The number of nitrogens with one attached hydrogen (secondary N) is 1. The van der Waals surface area contributed by atoms with Gasteiger partial charge in [0.2, 0.25) is 0 Å². The van der Waals surface area contributed by atoms with Gasteiger partial charge in [-0.25, -0.2) is 4.79 Å². The third kappa shape index (κ3) is 4.55. The van der Waals surface area contributed by atoms with E-state index in [-0.39, 0.29) is 5.56 Å². The maximum absolute atomic E-state index is 11.1. The Hall–Kier alpha value is -3.79. The Labute approximate surface area is 169 Å². The lowest BCUT2D eigenvalue weighted by atomic mass is 10.1. The molecular weight excluding hydrogens is 362 g/mol. The Balaban J connectivity index is 1.37. The van der Waals surface area contributed by atoms with E-state index in [1.165, 1.54) is 10.8 Å². The van der Waals surface area contributed by atoms with Gasteiger partial charge in [0.05, 0.1) is 5.56 Å². The number of anilines is 1. The van der Waals surface area contributed by atoms with E-state index in [1.807, 2.05) is 42.5 Å². The topological polar surface area (TPSA) is 58.6 Å². The molecule has 4 aromatic carbocycles. The van der Waals surface area contributed by atoms with Gasteiger partial charge in [-0.05, 0) is 52.2 Å². The van der Waals surface area contributed by atoms with Crippen LogP contribution in [0.3, 0.4) is 0 Å². The minimum atomic E-state index is -0.929. The van der Waals surface area contributed by atoms with Crippen LogP contribution < -0.4 is 10.1 Å². The summed E-state index contributed by atoms with van der Waals surface area (Å²) in [5, 5.41) is 14.7. The molecule has 4 aromatic rings. The first-order chi connectivity index (χ1) is 14.2. The fraction of sp³-hybridized carbons (Fsp3) is 0.0800. The normalized spacial score (nSPS) is 10.6. The first-order valence-corrected chi connectivity index (χ1v) is 9.45. The van der Waals surface area contributed by atoms with Crippen molar-refractivity contribution in [1.82, 2.24) is 0 Å². The van der Waals surface area contributed by atoms with Crippen LogP contribution in [0, 0.1) is 0 Å². The highest BCUT2D eigenvalue weighted by molar-refractivity contribution is 5.88. The Kier molecular flexibility index (Phi) is 5.43. The van der Waals surface area contributed by atoms with Crippen LogP contribution in [-0.2, 0) is 13.2 Å². The summed E-state index contributed by atoms with van der Waals surface area (Å²) >= 11 is 0. The standard InChI is InChI=1S/C25H21NO3/c27-25(28)20-7-4-9-22(15-20)26-16-18-11-13-23(14-12-18)29-17-21-8-3-6-19-5-1-2-10-24(19)21/h1-15,26H,16-17H2,(H,27,28). The molecule has 0 aliphatic rings. The maximum atomic E-state index is 11.1. The van der Waals surface area contributed by atoms with E-state index in [9.17, 15) is 4.79 Å². The highest BCUT2D eigenvalue weighted by atomic mass is 16.5. The Morgan fingerprint density at radius 3 is 2.45 bits per heavy atom. The maximum Gasteiger partial charge on any atom is 0.335 e. The second-order valence-electron chi connectivity index (χ2n) is 6.81. The fourth-order valence-electron chi connectivity index (χ4n) is 3.25. The van der Waals surface area contributed by atoms with Gasteiger partial charge >= 0.3 is 5.97 Å². The van der Waals surface area contributed by atoms with Gasteiger partial charge in [0.25, 0.3) is 0 Å². The average Bonchev–Trinajstić information content (AvgIpc) is 2.77. The van der Waals surface area contributed by atoms with Crippen molar-refractivity contribution in [3.8, 4) is 5.75 Å². The van der Waals surface area contributed by atoms with E-state index in [0.29, 0.717) is 13.2 Å². The number of rotatable bonds is 7. The molecule has 0 heterocycles. The quantitative estimate of drug-likeness (QED) is 0.428. The lowest BCUT2D eigenvalue weighted by molar-refractivity contribution is 0.0697. The molecule has 0 fully saturated rings. The molecule has 0 saturated carbocycles. The first kappa shape index (κ1) is 18.6. The van der Waals surface area contributed by atoms with Crippen molar-refractivity contribution in [2.45, 2.75) is 13.2 Å². The highest BCUT2D eigenvalue weighted by Crippen LogP contribution is 2.21. The van der Waals surface area contributed by atoms with Gasteiger partial charge in [0.1, 0.15) is 12.4 Å². The number of ether oxygens (including phenoxy) is 1. The predicted molar refractivity (Wildman–Crippen MR) is 115 cm³/mol. The molecule has 0 amide bonds. The van der Waals surface area contributed by atoms with Crippen molar-refractivity contribution in [2.75, 3.05) is 5.32 Å². The number of carboxylic acid groups (broad SMARTS) is 1. The van der Waals surface area contributed by atoms with Crippen LogP contribution in [0.25, 0.3) is 10.8 Å². The number of hydrogen-bond donors (Lipinski definition) is 2. The van der Waals surface area contributed by atoms with Crippen LogP contribution in [0.2, 0.25) is 0 Å². The molecule has 0 aromatic heterocycles. The van der Waals surface area contributed by atoms with E-state index in [4.69, 9.17) is 9.84 Å².